The van der Waals surface area contributed by atoms with Crippen molar-refractivity contribution in [2.75, 3.05) is 13.6 Å². The Morgan fingerprint density at radius 3 is 2.75 bits per heavy atom. The first kappa shape index (κ1) is 9.91. The second-order valence-corrected chi connectivity index (χ2v) is 4.85. The molecule has 1 saturated heterocycles. The highest BCUT2D eigenvalue weighted by Crippen LogP contribution is 2.35. The molecule has 1 aliphatic heterocycles. The summed E-state index contributed by atoms with van der Waals surface area (Å²) in [6.45, 7) is 1.23. The first-order chi connectivity index (χ1) is 7.77. The molecule has 2 heterocycles. The van der Waals surface area contributed by atoms with Crippen LogP contribution in [0.25, 0.3) is 10.9 Å². The quantitative estimate of drug-likeness (QED) is 0.708. The van der Waals surface area contributed by atoms with Crippen molar-refractivity contribution in [1.82, 2.24) is 9.47 Å². The number of aryl methyl sites for hydroxylation is 1. The molecular formula is C14H18N2. The Kier molecular flexibility index (Phi) is 2.25. The van der Waals surface area contributed by atoms with Crippen LogP contribution in [-0.2, 0) is 7.05 Å². The number of hydrogen-bond donors (Lipinski definition) is 0. The Balaban J connectivity index is 2.16. The van der Waals surface area contributed by atoms with Gasteiger partial charge >= 0.3 is 0 Å². The topological polar surface area (TPSA) is 8.17 Å². The fraction of sp³-hybridized carbons (Fsp3) is 0.429. The Morgan fingerprint density at radius 2 is 2.00 bits per heavy atom. The lowest BCUT2D eigenvalue weighted by atomic mass is 10.0. The molecule has 1 aliphatic rings. The number of likely N-dealkylation sites (tertiary alicyclic amines) is 1. The number of benzene rings is 1. The zero-order valence-corrected chi connectivity index (χ0v) is 9.98. The predicted molar refractivity (Wildman–Crippen MR) is 67.5 cm³/mol. The summed E-state index contributed by atoms with van der Waals surface area (Å²) in [5, 5.41) is 1.42. The van der Waals surface area contributed by atoms with Gasteiger partial charge in [0.15, 0.2) is 0 Å². The van der Waals surface area contributed by atoms with Crippen molar-refractivity contribution < 1.29 is 0 Å². The molecule has 0 amide bonds. The molecule has 0 aliphatic carbocycles. The van der Waals surface area contributed by atoms with E-state index in [0.29, 0.717) is 6.04 Å². The van der Waals surface area contributed by atoms with Gasteiger partial charge in [-0.1, -0.05) is 18.2 Å². The highest BCUT2D eigenvalue weighted by atomic mass is 15.1. The van der Waals surface area contributed by atoms with Crippen LogP contribution in [-0.4, -0.2) is 23.1 Å². The fourth-order valence-electron chi connectivity index (χ4n) is 2.94. The van der Waals surface area contributed by atoms with E-state index in [2.05, 4.69) is 54.0 Å². The van der Waals surface area contributed by atoms with E-state index in [4.69, 9.17) is 0 Å². The molecule has 1 unspecified atom stereocenters. The average molecular weight is 214 g/mol. The summed E-state index contributed by atoms with van der Waals surface area (Å²) >= 11 is 0. The van der Waals surface area contributed by atoms with Crippen molar-refractivity contribution in [2.45, 2.75) is 18.9 Å². The standard InChI is InChI=1S/C14H18N2/c1-15-9-5-8-14(15)12-10-16(2)13-7-4-3-6-11(12)13/h3-4,6-7,10,14H,5,8-9H2,1-2H3. The Labute approximate surface area is 96.5 Å². The van der Waals surface area contributed by atoms with Gasteiger partial charge in [-0.3, -0.25) is 4.90 Å². The van der Waals surface area contributed by atoms with Gasteiger partial charge in [0.2, 0.25) is 0 Å². The molecule has 84 valence electrons. The molecule has 1 aromatic heterocycles. The highest BCUT2D eigenvalue weighted by Gasteiger charge is 2.25. The van der Waals surface area contributed by atoms with E-state index < -0.39 is 0 Å². The molecule has 2 nitrogen and oxygen atoms in total. The van der Waals surface area contributed by atoms with Gasteiger partial charge in [-0.2, -0.15) is 0 Å². The Hall–Kier alpha value is -1.28. The van der Waals surface area contributed by atoms with Crippen LogP contribution < -0.4 is 0 Å². The molecule has 0 N–H and O–H groups in total. The maximum atomic E-state index is 2.47. The first-order valence-electron chi connectivity index (χ1n) is 6.01. The predicted octanol–water partition coefficient (Wildman–Crippen LogP) is 2.95. The lowest BCUT2D eigenvalue weighted by Gasteiger charge is -2.18. The third kappa shape index (κ3) is 1.37. The van der Waals surface area contributed by atoms with Crippen molar-refractivity contribution in [1.29, 1.82) is 0 Å². The summed E-state index contributed by atoms with van der Waals surface area (Å²) in [5.41, 5.74) is 2.84. The SMILES string of the molecule is CN1CCCC1c1cn(C)c2ccccc12. The summed E-state index contributed by atoms with van der Waals surface area (Å²) in [7, 11) is 4.38. The number of para-hydroxylation sites is 1. The number of aromatic nitrogens is 1. The molecule has 1 atom stereocenters. The van der Waals surface area contributed by atoms with E-state index in [-0.39, 0.29) is 0 Å². The summed E-state index contributed by atoms with van der Waals surface area (Å²) in [4.78, 5) is 2.47. The van der Waals surface area contributed by atoms with E-state index in [0.717, 1.165) is 0 Å². The molecule has 0 saturated carbocycles. The third-order valence-corrected chi connectivity index (χ3v) is 3.81. The maximum Gasteiger partial charge on any atom is 0.0481 e. The zero-order chi connectivity index (χ0) is 11.1. The van der Waals surface area contributed by atoms with Crippen LogP contribution in [0.3, 0.4) is 0 Å². The van der Waals surface area contributed by atoms with Crippen LogP contribution in [0.4, 0.5) is 0 Å². The Morgan fingerprint density at radius 1 is 1.19 bits per heavy atom. The summed E-state index contributed by atoms with van der Waals surface area (Å²) < 4.78 is 2.25. The number of hydrogen-bond acceptors (Lipinski definition) is 1. The largest absolute Gasteiger partial charge is 0.350 e. The van der Waals surface area contributed by atoms with Gasteiger partial charge in [-0.05, 0) is 38.1 Å². The van der Waals surface area contributed by atoms with Crippen LogP contribution in [0.15, 0.2) is 30.5 Å². The van der Waals surface area contributed by atoms with Crippen LogP contribution in [0.5, 0.6) is 0 Å². The Bertz CT molecular complexity index is 512. The van der Waals surface area contributed by atoms with Gasteiger partial charge in [0.1, 0.15) is 0 Å². The van der Waals surface area contributed by atoms with Gasteiger partial charge < -0.3 is 4.57 Å². The average Bonchev–Trinajstić information content (AvgIpc) is 2.84. The van der Waals surface area contributed by atoms with E-state index in [1.807, 2.05) is 0 Å². The summed E-state index contributed by atoms with van der Waals surface area (Å²) in [6, 6.07) is 9.32. The molecule has 1 aromatic carbocycles. The minimum absolute atomic E-state index is 0.617. The van der Waals surface area contributed by atoms with Gasteiger partial charge in [-0.15, -0.1) is 0 Å². The second-order valence-electron chi connectivity index (χ2n) is 4.85. The monoisotopic (exact) mass is 214 g/mol. The van der Waals surface area contributed by atoms with Crippen LogP contribution >= 0.6 is 0 Å². The van der Waals surface area contributed by atoms with E-state index in [1.165, 1.54) is 35.9 Å². The molecule has 3 rings (SSSR count). The minimum atomic E-state index is 0.617. The van der Waals surface area contributed by atoms with Crippen LogP contribution in [0, 0.1) is 0 Å². The fourth-order valence-corrected chi connectivity index (χ4v) is 2.94. The smallest absolute Gasteiger partial charge is 0.0481 e. The third-order valence-electron chi connectivity index (χ3n) is 3.81. The lowest BCUT2D eigenvalue weighted by Crippen LogP contribution is -2.17. The summed E-state index contributed by atoms with van der Waals surface area (Å²) in [6.07, 6.45) is 4.92. The molecule has 16 heavy (non-hydrogen) atoms. The van der Waals surface area contributed by atoms with E-state index in [1.54, 1.807) is 0 Å². The van der Waals surface area contributed by atoms with Gasteiger partial charge in [0.05, 0.1) is 0 Å². The molecule has 2 aromatic rings. The van der Waals surface area contributed by atoms with E-state index in [9.17, 15) is 0 Å². The van der Waals surface area contributed by atoms with Crippen molar-refractivity contribution in [3.05, 3.63) is 36.0 Å². The van der Waals surface area contributed by atoms with Crippen LogP contribution in [0.1, 0.15) is 24.4 Å². The van der Waals surface area contributed by atoms with Crippen LogP contribution in [0.2, 0.25) is 0 Å². The maximum absolute atomic E-state index is 2.47. The van der Waals surface area contributed by atoms with Crippen molar-refractivity contribution in [2.24, 2.45) is 7.05 Å². The van der Waals surface area contributed by atoms with Gasteiger partial charge in [0, 0.05) is 30.2 Å². The summed E-state index contributed by atoms with van der Waals surface area (Å²) in [5.74, 6) is 0. The molecule has 0 spiro atoms. The van der Waals surface area contributed by atoms with Gasteiger partial charge in [0.25, 0.3) is 0 Å². The van der Waals surface area contributed by atoms with Crippen molar-refractivity contribution in [3.8, 4) is 0 Å². The molecule has 1 fully saturated rings. The van der Waals surface area contributed by atoms with Gasteiger partial charge in [-0.25, -0.2) is 0 Å². The normalized spacial score (nSPS) is 22.0. The first-order valence-corrected chi connectivity index (χ1v) is 6.01. The second kappa shape index (κ2) is 3.63. The minimum Gasteiger partial charge on any atom is -0.350 e. The molecular weight excluding hydrogens is 196 g/mol. The number of nitrogens with zero attached hydrogens (tertiary/aromatic N) is 2. The molecule has 0 bridgehead atoms. The highest BCUT2D eigenvalue weighted by molar-refractivity contribution is 5.84. The van der Waals surface area contributed by atoms with Crippen molar-refractivity contribution >= 4 is 10.9 Å². The molecule has 0 radical (unpaired) electrons. The zero-order valence-electron chi connectivity index (χ0n) is 9.98. The lowest BCUT2D eigenvalue weighted by molar-refractivity contribution is 0.319. The molecule has 2 heteroatoms. The van der Waals surface area contributed by atoms with E-state index >= 15 is 0 Å². The number of fused-ring (bicyclic) bond motifs is 1. The number of rotatable bonds is 1. The van der Waals surface area contributed by atoms with Crippen molar-refractivity contribution in [3.63, 3.8) is 0 Å².